The van der Waals surface area contributed by atoms with Gasteiger partial charge in [-0.25, -0.2) is 0 Å². The Morgan fingerprint density at radius 3 is 2.75 bits per heavy atom. The van der Waals surface area contributed by atoms with E-state index >= 15 is 0 Å². The number of nitrogens with one attached hydrogen (secondary N) is 2. The largest absolute Gasteiger partial charge is 0.380 e. The van der Waals surface area contributed by atoms with Crippen LogP contribution in [0.3, 0.4) is 0 Å². The third-order valence-corrected chi connectivity index (χ3v) is 3.98. The van der Waals surface area contributed by atoms with Gasteiger partial charge in [0.05, 0.1) is 13.2 Å². The molecule has 0 saturated carbocycles. The van der Waals surface area contributed by atoms with Gasteiger partial charge in [0.25, 0.3) is 0 Å². The van der Waals surface area contributed by atoms with E-state index in [2.05, 4.69) is 51.7 Å². The molecule has 0 amide bonds. The molecule has 1 aromatic rings. The third kappa shape index (κ3) is 7.36. The first kappa shape index (κ1) is 21.2. The van der Waals surface area contributed by atoms with Crippen LogP contribution in [0.25, 0.3) is 0 Å². The smallest absolute Gasteiger partial charge is 0.191 e. The molecule has 136 valence electrons. The number of nitrogens with zero attached hydrogens (tertiary/aromatic N) is 2. The van der Waals surface area contributed by atoms with E-state index in [1.165, 1.54) is 11.1 Å². The van der Waals surface area contributed by atoms with Crippen molar-refractivity contribution in [2.45, 2.75) is 26.8 Å². The number of halogens is 1. The molecule has 0 spiro atoms. The van der Waals surface area contributed by atoms with Crippen molar-refractivity contribution in [1.82, 2.24) is 15.5 Å². The Hall–Kier alpha value is -0.860. The highest BCUT2D eigenvalue weighted by molar-refractivity contribution is 14.0. The Kier molecular flexibility index (Phi) is 11.0. The Morgan fingerprint density at radius 1 is 1.21 bits per heavy atom. The highest BCUT2D eigenvalue weighted by Gasteiger charge is 2.14. The molecule has 1 heterocycles. The summed E-state index contributed by atoms with van der Waals surface area (Å²) in [4.78, 5) is 7.14. The average molecular weight is 446 g/mol. The van der Waals surface area contributed by atoms with Crippen molar-refractivity contribution in [2.75, 3.05) is 45.9 Å². The van der Waals surface area contributed by atoms with Crippen molar-refractivity contribution < 1.29 is 4.74 Å². The van der Waals surface area contributed by atoms with Crippen LogP contribution in [0.2, 0.25) is 0 Å². The van der Waals surface area contributed by atoms with E-state index in [9.17, 15) is 0 Å². The predicted molar refractivity (Wildman–Crippen MR) is 111 cm³/mol. The fraction of sp³-hybridized carbons (Fsp3) is 0.611. The minimum atomic E-state index is 0. The second kappa shape index (κ2) is 12.5. The summed E-state index contributed by atoms with van der Waals surface area (Å²) in [6.45, 7) is 11.2. The van der Waals surface area contributed by atoms with Gasteiger partial charge in [-0.15, -0.1) is 24.0 Å². The van der Waals surface area contributed by atoms with Gasteiger partial charge in [0.1, 0.15) is 0 Å². The number of fused-ring (bicyclic) bond motifs is 1. The standard InChI is InChI=1S/C18H30N4O.HI/c1-3-19-18(21-11-14-23-4-2)20-10-13-22-12-9-16-7-5-6-8-17(16)15-22;/h5-8H,3-4,9-15H2,1-2H3,(H2,19,20,21);1H. The fourth-order valence-corrected chi connectivity index (χ4v) is 2.78. The van der Waals surface area contributed by atoms with Crippen molar-refractivity contribution in [3.63, 3.8) is 0 Å². The molecule has 2 rings (SSSR count). The van der Waals surface area contributed by atoms with Crippen LogP contribution in [0, 0.1) is 0 Å². The number of guanidine groups is 1. The molecule has 0 aliphatic carbocycles. The lowest BCUT2D eigenvalue weighted by atomic mass is 10.0. The zero-order valence-electron chi connectivity index (χ0n) is 14.9. The summed E-state index contributed by atoms with van der Waals surface area (Å²) in [5.74, 6) is 0.879. The molecule has 1 aliphatic rings. The van der Waals surface area contributed by atoms with Gasteiger partial charge in [-0.2, -0.15) is 0 Å². The predicted octanol–water partition coefficient (Wildman–Crippen LogP) is 2.25. The zero-order valence-corrected chi connectivity index (χ0v) is 17.2. The van der Waals surface area contributed by atoms with E-state index in [-0.39, 0.29) is 24.0 Å². The van der Waals surface area contributed by atoms with Crippen molar-refractivity contribution in [3.05, 3.63) is 35.4 Å². The molecule has 0 unspecified atom stereocenters. The van der Waals surface area contributed by atoms with Crippen LogP contribution in [0.5, 0.6) is 0 Å². The first-order valence-electron chi connectivity index (χ1n) is 8.72. The summed E-state index contributed by atoms with van der Waals surface area (Å²) in [5.41, 5.74) is 2.96. The quantitative estimate of drug-likeness (QED) is 0.279. The van der Waals surface area contributed by atoms with Crippen LogP contribution in [0.1, 0.15) is 25.0 Å². The molecule has 24 heavy (non-hydrogen) atoms. The number of rotatable bonds is 8. The molecule has 0 bridgehead atoms. The third-order valence-electron chi connectivity index (χ3n) is 3.98. The molecular weight excluding hydrogens is 415 g/mol. The molecule has 5 nitrogen and oxygen atoms in total. The maximum Gasteiger partial charge on any atom is 0.191 e. The minimum Gasteiger partial charge on any atom is -0.380 e. The van der Waals surface area contributed by atoms with Crippen LogP contribution < -0.4 is 10.6 Å². The number of aliphatic imine (C=N–C) groups is 1. The summed E-state index contributed by atoms with van der Waals surface area (Å²) in [5, 5.41) is 6.58. The molecule has 2 N–H and O–H groups in total. The molecule has 1 aliphatic heterocycles. The lowest BCUT2D eigenvalue weighted by molar-refractivity contribution is 0.152. The molecule has 1 aromatic carbocycles. The van der Waals surface area contributed by atoms with E-state index in [1.807, 2.05) is 6.92 Å². The molecule has 0 fully saturated rings. The van der Waals surface area contributed by atoms with Crippen molar-refractivity contribution in [2.24, 2.45) is 4.99 Å². The highest BCUT2D eigenvalue weighted by atomic mass is 127. The van der Waals surface area contributed by atoms with Gasteiger partial charge < -0.3 is 15.4 Å². The van der Waals surface area contributed by atoms with E-state index in [0.717, 1.165) is 58.3 Å². The monoisotopic (exact) mass is 446 g/mol. The lowest BCUT2D eigenvalue weighted by Gasteiger charge is -2.28. The average Bonchev–Trinajstić information content (AvgIpc) is 2.58. The van der Waals surface area contributed by atoms with E-state index in [4.69, 9.17) is 4.74 Å². The maximum atomic E-state index is 5.34. The van der Waals surface area contributed by atoms with Gasteiger partial charge in [0, 0.05) is 39.3 Å². The Labute approximate surface area is 163 Å². The van der Waals surface area contributed by atoms with Crippen LogP contribution in [0.4, 0.5) is 0 Å². The summed E-state index contributed by atoms with van der Waals surface area (Å²) in [6.07, 6.45) is 1.15. The number of hydrogen-bond donors (Lipinski definition) is 2. The number of hydrogen-bond acceptors (Lipinski definition) is 3. The highest BCUT2D eigenvalue weighted by Crippen LogP contribution is 2.17. The summed E-state index contributed by atoms with van der Waals surface area (Å²) in [6, 6.07) is 8.75. The van der Waals surface area contributed by atoms with Gasteiger partial charge in [-0.05, 0) is 31.4 Å². The molecule has 0 atom stereocenters. The van der Waals surface area contributed by atoms with E-state index < -0.39 is 0 Å². The zero-order chi connectivity index (χ0) is 16.3. The van der Waals surface area contributed by atoms with Crippen LogP contribution in [0.15, 0.2) is 29.3 Å². The summed E-state index contributed by atoms with van der Waals surface area (Å²) >= 11 is 0. The van der Waals surface area contributed by atoms with E-state index in [0.29, 0.717) is 6.61 Å². The molecule has 0 saturated heterocycles. The minimum absolute atomic E-state index is 0. The normalized spacial score (nSPS) is 14.7. The summed E-state index contributed by atoms with van der Waals surface area (Å²) < 4.78 is 5.34. The van der Waals surface area contributed by atoms with E-state index in [1.54, 1.807) is 0 Å². The van der Waals surface area contributed by atoms with Gasteiger partial charge >= 0.3 is 0 Å². The second-order valence-electron chi connectivity index (χ2n) is 5.68. The van der Waals surface area contributed by atoms with Gasteiger partial charge in [-0.1, -0.05) is 24.3 Å². The van der Waals surface area contributed by atoms with Gasteiger partial charge in [-0.3, -0.25) is 9.89 Å². The molecule has 0 aromatic heterocycles. The Balaban J connectivity index is 0.00000288. The van der Waals surface area contributed by atoms with Crippen LogP contribution >= 0.6 is 24.0 Å². The molecule has 6 heteroatoms. The van der Waals surface area contributed by atoms with Gasteiger partial charge in [0.2, 0.25) is 0 Å². The fourth-order valence-electron chi connectivity index (χ4n) is 2.78. The Morgan fingerprint density at radius 2 is 2.00 bits per heavy atom. The number of ether oxygens (including phenoxy) is 1. The van der Waals surface area contributed by atoms with Crippen LogP contribution in [-0.4, -0.2) is 56.8 Å². The van der Waals surface area contributed by atoms with Crippen molar-refractivity contribution in [3.8, 4) is 0 Å². The van der Waals surface area contributed by atoms with Crippen LogP contribution in [-0.2, 0) is 17.7 Å². The first-order valence-corrected chi connectivity index (χ1v) is 8.72. The number of benzene rings is 1. The van der Waals surface area contributed by atoms with Gasteiger partial charge in [0.15, 0.2) is 5.96 Å². The Bertz CT molecular complexity index is 496. The lowest BCUT2D eigenvalue weighted by Crippen LogP contribution is -2.40. The van der Waals surface area contributed by atoms with Crippen molar-refractivity contribution in [1.29, 1.82) is 0 Å². The molecule has 0 radical (unpaired) electrons. The molecular formula is C18H31IN4O. The van der Waals surface area contributed by atoms with Crippen molar-refractivity contribution >= 4 is 29.9 Å². The maximum absolute atomic E-state index is 5.34. The SMILES string of the molecule is CCNC(=NCCN1CCc2ccccc2C1)NCCOCC.I. The first-order chi connectivity index (χ1) is 11.3. The second-order valence-corrected chi connectivity index (χ2v) is 5.68. The summed E-state index contributed by atoms with van der Waals surface area (Å²) in [7, 11) is 0. The topological polar surface area (TPSA) is 48.9 Å².